The van der Waals surface area contributed by atoms with Crippen molar-refractivity contribution in [3.63, 3.8) is 0 Å². The number of nitrogens with zero attached hydrogens (tertiary/aromatic N) is 1. The van der Waals surface area contributed by atoms with E-state index in [0.717, 1.165) is 63.2 Å². The van der Waals surface area contributed by atoms with Crippen molar-refractivity contribution in [2.75, 3.05) is 28.1 Å². The minimum absolute atomic E-state index is 0.232. The molecule has 0 aliphatic carbocycles. The molecule has 2 aliphatic rings. The quantitative estimate of drug-likeness (QED) is 0.250. The summed E-state index contributed by atoms with van der Waals surface area (Å²) in [7, 11) is 5.15. The number of ether oxygens (including phenoxy) is 5. The largest absolute Gasteiger partial charge is 0.493 e. The van der Waals surface area contributed by atoms with Crippen molar-refractivity contribution in [3.05, 3.63) is 113 Å². The first-order valence-electron chi connectivity index (χ1n) is 13.4. The molecule has 6 heteroatoms. The van der Waals surface area contributed by atoms with Crippen LogP contribution in [0.25, 0.3) is 22.0 Å². The topological polar surface area (TPSA) is 50.0 Å². The predicted octanol–water partition coefficient (Wildman–Crippen LogP) is 6.03. The second kappa shape index (κ2) is 9.57. The molecule has 0 atom stereocenters. The molecule has 200 valence electrons. The summed E-state index contributed by atoms with van der Waals surface area (Å²) >= 11 is 0. The summed E-state index contributed by atoms with van der Waals surface area (Å²) in [6.45, 7) is 1.02. The first-order chi connectivity index (χ1) is 19.7. The van der Waals surface area contributed by atoms with Crippen molar-refractivity contribution in [2.24, 2.45) is 0 Å². The van der Waals surface area contributed by atoms with Crippen molar-refractivity contribution in [1.29, 1.82) is 0 Å². The van der Waals surface area contributed by atoms with Crippen molar-refractivity contribution in [2.45, 2.75) is 18.6 Å². The van der Waals surface area contributed by atoms with Crippen LogP contribution in [0.3, 0.4) is 0 Å². The van der Waals surface area contributed by atoms with E-state index in [1.807, 2.05) is 18.2 Å². The SMILES string of the molecule is COc1ccc2c(C(OC)(c3ccccc3)c3ccccc3)c3[n+](cc2c1OC)CCc1cc2c(cc1-3)OCO2. The third kappa shape index (κ3) is 3.49. The fourth-order valence-electron chi connectivity index (χ4n) is 6.40. The summed E-state index contributed by atoms with van der Waals surface area (Å²) in [4.78, 5) is 0. The van der Waals surface area contributed by atoms with Crippen LogP contribution in [0, 0.1) is 0 Å². The molecule has 0 bridgehead atoms. The van der Waals surface area contributed by atoms with Gasteiger partial charge < -0.3 is 23.7 Å². The minimum atomic E-state index is -0.941. The van der Waals surface area contributed by atoms with E-state index in [1.165, 1.54) is 5.56 Å². The lowest BCUT2D eigenvalue weighted by Crippen LogP contribution is -2.44. The fraction of sp³-hybridized carbons (Fsp3) is 0.206. The molecule has 0 saturated carbocycles. The molecule has 0 fully saturated rings. The smallest absolute Gasteiger partial charge is 0.231 e. The molecule has 7 rings (SSSR count). The lowest BCUT2D eigenvalue weighted by molar-refractivity contribution is -0.686. The number of rotatable bonds is 6. The minimum Gasteiger partial charge on any atom is -0.493 e. The average Bonchev–Trinajstić information content (AvgIpc) is 3.48. The zero-order valence-corrected chi connectivity index (χ0v) is 22.8. The lowest BCUT2D eigenvalue weighted by atomic mass is 9.75. The molecule has 0 N–H and O–H groups in total. The molecular formula is C34H30NO5+. The van der Waals surface area contributed by atoms with Gasteiger partial charge in [0.05, 0.1) is 30.7 Å². The van der Waals surface area contributed by atoms with E-state index in [0.29, 0.717) is 11.5 Å². The Morgan fingerprint density at radius 3 is 2.05 bits per heavy atom. The average molecular weight is 533 g/mol. The van der Waals surface area contributed by atoms with Gasteiger partial charge in [-0.1, -0.05) is 60.7 Å². The number of pyridine rings is 1. The molecule has 40 heavy (non-hydrogen) atoms. The third-order valence-corrected chi connectivity index (χ3v) is 8.16. The van der Waals surface area contributed by atoms with Crippen LogP contribution in [0.2, 0.25) is 0 Å². The zero-order chi connectivity index (χ0) is 27.3. The standard InChI is InChI=1S/C34H30NO5/c1-36-28-15-14-25-27(33(28)37-2)20-35-17-16-22-18-29-30(40-21-39-29)19-26(22)32(35)31(25)34(38-3,23-10-6-4-7-11-23)24-12-8-5-9-13-24/h4-15,18-20H,16-17,21H2,1-3H3/q+1. The highest BCUT2D eigenvalue weighted by Gasteiger charge is 2.45. The number of benzene rings is 4. The Morgan fingerprint density at radius 1 is 0.750 bits per heavy atom. The third-order valence-electron chi connectivity index (χ3n) is 8.16. The number of fused-ring (bicyclic) bond motifs is 5. The Balaban J connectivity index is 1.69. The van der Waals surface area contributed by atoms with Crippen molar-refractivity contribution in [3.8, 4) is 34.3 Å². The highest BCUT2D eigenvalue weighted by atomic mass is 16.7. The molecule has 2 aliphatic heterocycles. The van der Waals surface area contributed by atoms with E-state index >= 15 is 0 Å². The Kier molecular flexibility index (Phi) is 5.86. The summed E-state index contributed by atoms with van der Waals surface area (Å²) in [5.41, 5.74) is 5.55. The van der Waals surface area contributed by atoms with Crippen LogP contribution in [-0.4, -0.2) is 28.1 Å². The molecule has 0 amide bonds. The predicted molar refractivity (Wildman–Crippen MR) is 152 cm³/mol. The number of hydrogen-bond donors (Lipinski definition) is 0. The van der Waals surface area contributed by atoms with Gasteiger partial charge in [-0.3, -0.25) is 0 Å². The van der Waals surface area contributed by atoms with E-state index in [4.69, 9.17) is 23.7 Å². The van der Waals surface area contributed by atoms with Gasteiger partial charge in [0.15, 0.2) is 35.7 Å². The van der Waals surface area contributed by atoms with Gasteiger partial charge in [-0.25, -0.2) is 0 Å². The molecule has 6 nitrogen and oxygen atoms in total. The molecular weight excluding hydrogens is 502 g/mol. The monoisotopic (exact) mass is 532 g/mol. The van der Waals surface area contributed by atoms with E-state index in [9.17, 15) is 0 Å². The van der Waals surface area contributed by atoms with Crippen LogP contribution in [0.5, 0.6) is 23.0 Å². The molecule has 4 aromatic carbocycles. The highest BCUT2D eigenvalue weighted by molar-refractivity contribution is 5.96. The summed E-state index contributed by atoms with van der Waals surface area (Å²) in [5.74, 6) is 2.93. The lowest BCUT2D eigenvalue weighted by Gasteiger charge is -2.36. The summed E-state index contributed by atoms with van der Waals surface area (Å²) in [5, 5.41) is 1.97. The first kappa shape index (κ1) is 24.5. The number of aryl methyl sites for hydroxylation is 2. The Hall–Kier alpha value is -4.55. The van der Waals surface area contributed by atoms with Crippen LogP contribution < -0.4 is 23.5 Å². The molecule has 0 unspecified atom stereocenters. The van der Waals surface area contributed by atoms with Crippen LogP contribution in [0.1, 0.15) is 22.3 Å². The zero-order valence-electron chi connectivity index (χ0n) is 22.8. The van der Waals surface area contributed by atoms with Gasteiger partial charge in [0.25, 0.3) is 0 Å². The Bertz CT molecular complexity index is 1690. The maximum Gasteiger partial charge on any atom is 0.231 e. The molecule has 5 aromatic rings. The van der Waals surface area contributed by atoms with Gasteiger partial charge in [-0.2, -0.15) is 4.57 Å². The highest BCUT2D eigenvalue weighted by Crippen LogP contribution is 2.50. The van der Waals surface area contributed by atoms with Gasteiger partial charge in [-0.05, 0) is 41.0 Å². The van der Waals surface area contributed by atoms with Crippen LogP contribution in [0.15, 0.2) is 91.1 Å². The van der Waals surface area contributed by atoms with E-state index in [-0.39, 0.29) is 6.79 Å². The van der Waals surface area contributed by atoms with Crippen molar-refractivity contribution < 1.29 is 28.3 Å². The second-order valence-electron chi connectivity index (χ2n) is 10.0. The molecule has 0 spiro atoms. The normalized spacial score (nSPS) is 13.6. The van der Waals surface area contributed by atoms with Gasteiger partial charge in [0.2, 0.25) is 12.5 Å². The number of hydrogen-bond acceptors (Lipinski definition) is 5. The van der Waals surface area contributed by atoms with E-state index < -0.39 is 5.60 Å². The summed E-state index contributed by atoms with van der Waals surface area (Å²) < 4.78 is 32.4. The second-order valence-corrected chi connectivity index (χ2v) is 10.0. The van der Waals surface area contributed by atoms with Gasteiger partial charge in [0.1, 0.15) is 5.60 Å². The van der Waals surface area contributed by atoms with Crippen LogP contribution >= 0.6 is 0 Å². The van der Waals surface area contributed by atoms with Gasteiger partial charge in [-0.15, -0.1) is 0 Å². The van der Waals surface area contributed by atoms with Gasteiger partial charge in [0, 0.05) is 18.9 Å². The maximum absolute atomic E-state index is 6.77. The molecule has 3 heterocycles. The Morgan fingerprint density at radius 2 is 1.43 bits per heavy atom. The summed E-state index contributed by atoms with van der Waals surface area (Å²) in [6, 6.07) is 29.2. The first-order valence-corrected chi connectivity index (χ1v) is 13.4. The van der Waals surface area contributed by atoms with Crippen LogP contribution in [0.4, 0.5) is 0 Å². The molecule has 0 saturated heterocycles. The number of methoxy groups -OCH3 is 3. The van der Waals surface area contributed by atoms with E-state index in [1.54, 1.807) is 21.3 Å². The van der Waals surface area contributed by atoms with E-state index in [2.05, 4.69) is 77.5 Å². The van der Waals surface area contributed by atoms with Crippen molar-refractivity contribution in [1.82, 2.24) is 0 Å². The van der Waals surface area contributed by atoms with Crippen LogP contribution in [-0.2, 0) is 23.3 Å². The molecule has 1 aromatic heterocycles. The van der Waals surface area contributed by atoms with Crippen molar-refractivity contribution >= 4 is 10.8 Å². The molecule has 0 radical (unpaired) electrons. The number of aromatic nitrogens is 1. The fourth-order valence-corrected chi connectivity index (χ4v) is 6.40. The Labute approximate surface area is 233 Å². The summed E-state index contributed by atoms with van der Waals surface area (Å²) in [6.07, 6.45) is 3.04. The maximum atomic E-state index is 6.77. The van der Waals surface area contributed by atoms with Gasteiger partial charge >= 0.3 is 0 Å².